The van der Waals surface area contributed by atoms with Crippen LogP contribution in [0.4, 0.5) is 0 Å². The molecule has 0 heterocycles. The molecular formula is C13H9ClOS. The third-order valence-electron chi connectivity index (χ3n) is 2.30. The molecule has 3 heteroatoms. The minimum absolute atomic E-state index is 0.254. The maximum absolute atomic E-state index is 11.4. The Morgan fingerprint density at radius 2 is 1.75 bits per heavy atom. The summed E-state index contributed by atoms with van der Waals surface area (Å²) in [6.45, 7) is 0. The molecule has 0 bridgehead atoms. The van der Waals surface area contributed by atoms with E-state index < -0.39 is 0 Å². The Morgan fingerprint density at radius 1 is 1.06 bits per heavy atom. The number of thiol groups is 1. The van der Waals surface area contributed by atoms with Gasteiger partial charge in [-0.2, -0.15) is 0 Å². The lowest BCUT2D eigenvalue weighted by Gasteiger charge is -2.07. The lowest BCUT2D eigenvalue weighted by molar-refractivity contribution is 0.109. The first kappa shape index (κ1) is 11.2. The van der Waals surface area contributed by atoms with E-state index in [4.69, 9.17) is 11.6 Å². The van der Waals surface area contributed by atoms with Crippen molar-refractivity contribution in [1.82, 2.24) is 0 Å². The average molecular weight is 249 g/mol. The SMILES string of the molecule is O=C(S)c1ccc(Cl)cc1-c1ccccc1. The monoisotopic (exact) mass is 248 g/mol. The second kappa shape index (κ2) is 4.73. The van der Waals surface area contributed by atoms with Crippen molar-refractivity contribution < 1.29 is 4.79 Å². The van der Waals surface area contributed by atoms with Crippen LogP contribution in [0.15, 0.2) is 48.5 Å². The largest absolute Gasteiger partial charge is 0.282 e. The summed E-state index contributed by atoms with van der Waals surface area (Å²) in [5, 5.41) is 0.354. The summed E-state index contributed by atoms with van der Waals surface area (Å²) in [4.78, 5) is 11.4. The summed E-state index contributed by atoms with van der Waals surface area (Å²) in [6, 6.07) is 14.8. The fourth-order valence-corrected chi connectivity index (χ4v) is 1.93. The zero-order valence-electron chi connectivity index (χ0n) is 8.35. The minimum Gasteiger partial charge on any atom is -0.282 e. The molecule has 0 atom stereocenters. The Morgan fingerprint density at radius 3 is 2.38 bits per heavy atom. The van der Waals surface area contributed by atoms with E-state index >= 15 is 0 Å². The summed E-state index contributed by atoms with van der Waals surface area (Å²) in [5.74, 6) is 0. The molecule has 0 saturated heterocycles. The van der Waals surface area contributed by atoms with Gasteiger partial charge in [-0.05, 0) is 29.3 Å². The molecule has 0 saturated carbocycles. The second-order valence-corrected chi connectivity index (χ2v) is 4.20. The van der Waals surface area contributed by atoms with Crippen LogP contribution in [-0.4, -0.2) is 5.12 Å². The molecule has 2 rings (SSSR count). The molecule has 0 unspecified atom stereocenters. The first-order valence-electron chi connectivity index (χ1n) is 4.77. The Kier molecular flexibility index (Phi) is 3.32. The normalized spacial score (nSPS) is 10.1. The number of hydrogen-bond donors (Lipinski definition) is 1. The minimum atomic E-state index is -0.254. The van der Waals surface area contributed by atoms with E-state index in [2.05, 4.69) is 12.6 Å². The van der Waals surface area contributed by atoms with Crippen LogP contribution in [0.1, 0.15) is 10.4 Å². The van der Waals surface area contributed by atoms with Gasteiger partial charge in [0.15, 0.2) is 0 Å². The summed E-state index contributed by atoms with van der Waals surface area (Å²) in [5.41, 5.74) is 2.34. The van der Waals surface area contributed by atoms with Crippen molar-refractivity contribution in [2.24, 2.45) is 0 Å². The summed E-state index contributed by atoms with van der Waals surface area (Å²) < 4.78 is 0. The van der Waals surface area contributed by atoms with Gasteiger partial charge in [-0.15, -0.1) is 12.6 Å². The maximum Gasteiger partial charge on any atom is 0.216 e. The zero-order valence-corrected chi connectivity index (χ0v) is 10.0. The predicted molar refractivity (Wildman–Crippen MR) is 70.2 cm³/mol. The quantitative estimate of drug-likeness (QED) is 0.793. The molecule has 80 valence electrons. The van der Waals surface area contributed by atoms with E-state index in [0.717, 1.165) is 11.1 Å². The molecule has 0 fully saturated rings. The summed E-state index contributed by atoms with van der Waals surface area (Å²) >= 11 is 9.79. The molecule has 0 spiro atoms. The van der Waals surface area contributed by atoms with E-state index in [0.29, 0.717) is 10.6 Å². The van der Waals surface area contributed by atoms with Gasteiger partial charge in [-0.1, -0.05) is 41.9 Å². The smallest absolute Gasteiger partial charge is 0.216 e. The molecule has 0 aliphatic heterocycles. The second-order valence-electron chi connectivity index (χ2n) is 3.36. The summed E-state index contributed by atoms with van der Waals surface area (Å²) in [7, 11) is 0. The molecule has 0 radical (unpaired) electrons. The highest BCUT2D eigenvalue weighted by Crippen LogP contribution is 2.27. The van der Waals surface area contributed by atoms with E-state index in [-0.39, 0.29) is 5.12 Å². The fraction of sp³-hybridized carbons (Fsp3) is 0. The zero-order chi connectivity index (χ0) is 11.5. The van der Waals surface area contributed by atoms with Crippen molar-refractivity contribution in [1.29, 1.82) is 0 Å². The third kappa shape index (κ3) is 2.29. The highest BCUT2D eigenvalue weighted by molar-refractivity contribution is 7.97. The van der Waals surface area contributed by atoms with Crippen molar-refractivity contribution in [3.05, 3.63) is 59.1 Å². The van der Waals surface area contributed by atoms with E-state index in [1.165, 1.54) is 0 Å². The van der Waals surface area contributed by atoms with Crippen LogP contribution in [0.2, 0.25) is 5.02 Å². The highest BCUT2D eigenvalue weighted by atomic mass is 35.5. The van der Waals surface area contributed by atoms with Gasteiger partial charge in [0.05, 0.1) is 0 Å². The Labute approximate surface area is 104 Å². The van der Waals surface area contributed by atoms with Crippen LogP contribution in [0.5, 0.6) is 0 Å². The van der Waals surface area contributed by atoms with Gasteiger partial charge in [0, 0.05) is 10.6 Å². The van der Waals surface area contributed by atoms with E-state index in [1.54, 1.807) is 18.2 Å². The van der Waals surface area contributed by atoms with Crippen molar-refractivity contribution in [3.63, 3.8) is 0 Å². The van der Waals surface area contributed by atoms with Gasteiger partial charge < -0.3 is 0 Å². The van der Waals surface area contributed by atoms with Crippen LogP contribution >= 0.6 is 24.2 Å². The molecule has 1 nitrogen and oxygen atoms in total. The molecule has 0 aliphatic rings. The van der Waals surface area contributed by atoms with Crippen LogP contribution in [0.25, 0.3) is 11.1 Å². The van der Waals surface area contributed by atoms with Gasteiger partial charge in [0.1, 0.15) is 0 Å². The van der Waals surface area contributed by atoms with Gasteiger partial charge in [-0.3, -0.25) is 4.79 Å². The van der Waals surface area contributed by atoms with Crippen LogP contribution in [0.3, 0.4) is 0 Å². The van der Waals surface area contributed by atoms with E-state index in [1.807, 2.05) is 30.3 Å². The molecule has 16 heavy (non-hydrogen) atoms. The van der Waals surface area contributed by atoms with Crippen LogP contribution in [0, 0.1) is 0 Å². The Bertz CT molecular complexity index is 523. The molecule has 0 aromatic heterocycles. The Hall–Kier alpha value is -1.25. The molecule has 0 amide bonds. The number of benzene rings is 2. The van der Waals surface area contributed by atoms with Crippen LogP contribution in [-0.2, 0) is 0 Å². The highest BCUT2D eigenvalue weighted by Gasteiger charge is 2.09. The third-order valence-corrected chi connectivity index (χ3v) is 2.77. The number of halogens is 1. The first-order chi connectivity index (χ1) is 7.68. The first-order valence-corrected chi connectivity index (χ1v) is 5.59. The fourth-order valence-electron chi connectivity index (χ4n) is 1.56. The number of carbonyl (C=O) groups is 1. The van der Waals surface area contributed by atoms with Gasteiger partial charge in [0.25, 0.3) is 0 Å². The molecule has 0 aliphatic carbocycles. The van der Waals surface area contributed by atoms with Crippen LogP contribution < -0.4 is 0 Å². The standard InChI is InChI=1S/C13H9ClOS/c14-10-6-7-11(13(15)16)12(8-10)9-4-2-1-3-5-9/h1-8H,(H,15,16). The molecule has 0 N–H and O–H groups in total. The number of rotatable bonds is 2. The lowest BCUT2D eigenvalue weighted by atomic mass is 10.0. The van der Waals surface area contributed by atoms with Crippen molar-refractivity contribution >= 4 is 29.3 Å². The molecule has 2 aromatic carbocycles. The maximum atomic E-state index is 11.4. The number of hydrogen-bond acceptors (Lipinski definition) is 1. The van der Waals surface area contributed by atoms with Crippen molar-refractivity contribution in [2.75, 3.05) is 0 Å². The Balaban J connectivity index is 2.63. The van der Waals surface area contributed by atoms with Crippen molar-refractivity contribution in [2.45, 2.75) is 0 Å². The van der Waals surface area contributed by atoms with E-state index in [9.17, 15) is 4.79 Å². The average Bonchev–Trinajstić information content (AvgIpc) is 2.29. The lowest BCUT2D eigenvalue weighted by Crippen LogP contribution is -1.93. The number of carbonyl (C=O) groups excluding carboxylic acids is 1. The molecule has 2 aromatic rings. The molecular weight excluding hydrogens is 240 g/mol. The summed E-state index contributed by atoms with van der Waals surface area (Å²) in [6.07, 6.45) is 0. The van der Waals surface area contributed by atoms with Gasteiger partial charge >= 0.3 is 0 Å². The topological polar surface area (TPSA) is 17.1 Å². The van der Waals surface area contributed by atoms with Gasteiger partial charge in [-0.25, -0.2) is 0 Å². The predicted octanol–water partition coefficient (Wildman–Crippen LogP) is 4.08. The van der Waals surface area contributed by atoms with Gasteiger partial charge in [0.2, 0.25) is 5.12 Å². The van der Waals surface area contributed by atoms with Crippen molar-refractivity contribution in [3.8, 4) is 11.1 Å².